The summed E-state index contributed by atoms with van der Waals surface area (Å²) in [5.74, 6) is 0.617. The number of aromatic nitrogens is 3. The highest BCUT2D eigenvalue weighted by atomic mass is 16.5. The molecule has 0 aliphatic carbocycles. The zero-order valence-corrected chi connectivity index (χ0v) is 12.3. The summed E-state index contributed by atoms with van der Waals surface area (Å²) in [6.45, 7) is 0.123. The lowest BCUT2D eigenvalue weighted by Gasteiger charge is -2.12. The average Bonchev–Trinajstić information content (AvgIpc) is 2.55. The van der Waals surface area contributed by atoms with Gasteiger partial charge in [-0.1, -0.05) is 18.2 Å². The Bertz CT molecular complexity index is 951. The van der Waals surface area contributed by atoms with Gasteiger partial charge in [-0.25, -0.2) is 4.79 Å². The highest BCUT2D eigenvalue weighted by molar-refractivity contribution is 5.84. The Morgan fingerprint density at radius 1 is 1.09 bits per heavy atom. The summed E-state index contributed by atoms with van der Waals surface area (Å²) in [6, 6.07) is 10.8. The molecule has 2 aromatic heterocycles. The number of fused-ring (bicyclic) bond motifs is 1. The molecule has 0 aliphatic rings. The molecule has 0 bridgehead atoms. The fraction of sp³-hybridized carbons (Fsp3) is 0.188. The Kier molecular flexibility index (Phi) is 3.50. The molecule has 0 atom stereocenters. The topological polar surface area (TPSA) is 66.1 Å². The SMILES string of the molecule is Cn1c(COc2cccc3cccnc23)cc(=O)n(C)c1=O. The van der Waals surface area contributed by atoms with E-state index in [9.17, 15) is 9.59 Å². The molecule has 0 spiro atoms. The Labute approximate surface area is 126 Å². The van der Waals surface area contributed by atoms with Crippen molar-refractivity contribution >= 4 is 10.9 Å². The van der Waals surface area contributed by atoms with Gasteiger partial charge in [0.15, 0.2) is 0 Å². The van der Waals surface area contributed by atoms with Crippen LogP contribution in [0.25, 0.3) is 10.9 Å². The van der Waals surface area contributed by atoms with Gasteiger partial charge in [-0.3, -0.25) is 18.9 Å². The largest absolute Gasteiger partial charge is 0.485 e. The van der Waals surface area contributed by atoms with E-state index in [-0.39, 0.29) is 17.9 Å². The van der Waals surface area contributed by atoms with E-state index in [1.54, 1.807) is 13.2 Å². The van der Waals surface area contributed by atoms with Crippen LogP contribution in [-0.4, -0.2) is 14.1 Å². The van der Waals surface area contributed by atoms with E-state index >= 15 is 0 Å². The van der Waals surface area contributed by atoms with Crippen molar-refractivity contribution in [1.82, 2.24) is 14.1 Å². The third-order valence-electron chi connectivity index (χ3n) is 3.60. The van der Waals surface area contributed by atoms with Gasteiger partial charge in [0.25, 0.3) is 5.56 Å². The van der Waals surface area contributed by atoms with E-state index < -0.39 is 0 Å². The highest BCUT2D eigenvalue weighted by Gasteiger charge is 2.08. The van der Waals surface area contributed by atoms with Crippen LogP contribution in [0.5, 0.6) is 5.75 Å². The molecule has 1 aromatic carbocycles. The van der Waals surface area contributed by atoms with Crippen LogP contribution < -0.4 is 16.0 Å². The number of hydrogen-bond acceptors (Lipinski definition) is 4. The van der Waals surface area contributed by atoms with Gasteiger partial charge in [0.1, 0.15) is 17.9 Å². The molecule has 0 saturated carbocycles. The van der Waals surface area contributed by atoms with Crippen LogP contribution in [0.2, 0.25) is 0 Å². The van der Waals surface area contributed by atoms with E-state index in [1.807, 2.05) is 30.3 Å². The number of para-hydroxylation sites is 1. The first-order valence-corrected chi connectivity index (χ1v) is 6.80. The molecular weight excluding hydrogens is 282 g/mol. The monoisotopic (exact) mass is 297 g/mol. The van der Waals surface area contributed by atoms with E-state index in [2.05, 4.69) is 4.98 Å². The van der Waals surface area contributed by atoms with Gasteiger partial charge in [0.2, 0.25) is 0 Å². The maximum Gasteiger partial charge on any atom is 0.330 e. The van der Waals surface area contributed by atoms with Crippen molar-refractivity contribution in [2.45, 2.75) is 6.61 Å². The Morgan fingerprint density at radius 3 is 2.68 bits per heavy atom. The molecule has 3 aromatic rings. The maximum absolute atomic E-state index is 11.9. The number of nitrogens with zero attached hydrogens (tertiary/aromatic N) is 3. The number of rotatable bonds is 3. The second-order valence-corrected chi connectivity index (χ2v) is 4.99. The van der Waals surface area contributed by atoms with Crippen LogP contribution in [0.3, 0.4) is 0 Å². The summed E-state index contributed by atoms with van der Waals surface area (Å²) in [6.07, 6.45) is 1.70. The first-order valence-electron chi connectivity index (χ1n) is 6.80. The standard InChI is InChI=1S/C16H15N3O3/c1-18-12(9-14(20)19(2)16(18)21)10-22-13-7-3-5-11-6-4-8-17-15(11)13/h3-9H,10H2,1-2H3. The van der Waals surface area contributed by atoms with Crippen molar-refractivity contribution in [2.75, 3.05) is 0 Å². The summed E-state index contributed by atoms with van der Waals surface area (Å²) in [7, 11) is 3.06. The molecule has 0 N–H and O–H groups in total. The predicted molar refractivity (Wildman–Crippen MR) is 83.0 cm³/mol. The minimum absolute atomic E-state index is 0.123. The minimum atomic E-state index is -0.373. The van der Waals surface area contributed by atoms with E-state index in [4.69, 9.17) is 4.74 Å². The Hall–Kier alpha value is -2.89. The van der Waals surface area contributed by atoms with Crippen molar-refractivity contribution in [2.24, 2.45) is 14.1 Å². The van der Waals surface area contributed by atoms with E-state index in [1.165, 1.54) is 17.7 Å². The van der Waals surface area contributed by atoms with Gasteiger partial charge in [0, 0.05) is 31.7 Å². The Balaban J connectivity index is 1.96. The molecule has 6 nitrogen and oxygen atoms in total. The Morgan fingerprint density at radius 2 is 1.86 bits per heavy atom. The lowest BCUT2D eigenvalue weighted by atomic mass is 10.2. The van der Waals surface area contributed by atoms with Gasteiger partial charge in [-0.15, -0.1) is 0 Å². The van der Waals surface area contributed by atoms with E-state index in [0.717, 1.165) is 15.5 Å². The second-order valence-electron chi connectivity index (χ2n) is 4.99. The first kappa shape index (κ1) is 14.1. The summed E-state index contributed by atoms with van der Waals surface area (Å²) < 4.78 is 8.23. The lowest BCUT2D eigenvalue weighted by molar-refractivity contribution is 0.296. The maximum atomic E-state index is 11.9. The molecule has 22 heavy (non-hydrogen) atoms. The zero-order valence-electron chi connectivity index (χ0n) is 12.3. The fourth-order valence-electron chi connectivity index (χ4n) is 2.26. The van der Waals surface area contributed by atoms with Crippen LogP contribution in [0.1, 0.15) is 5.69 Å². The van der Waals surface area contributed by atoms with Gasteiger partial charge in [0.05, 0.1) is 5.69 Å². The molecule has 0 radical (unpaired) electrons. The average molecular weight is 297 g/mol. The third-order valence-corrected chi connectivity index (χ3v) is 3.60. The molecule has 0 aliphatic heterocycles. The number of benzene rings is 1. The van der Waals surface area contributed by atoms with Crippen molar-refractivity contribution in [3.8, 4) is 5.75 Å². The molecule has 0 fully saturated rings. The summed E-state index contributed by atoms with van der Waals surface area (Å²) >= 11 is 0. The quantitative estimate of drug-likeness (QED) is 0.729. The third kappa shape index (κ3) is 2.39. The first-order chi connectivity index (χ1) is 10.6. The van der Waals surface area contributed by atoms with Crippen LogP contribution in [0.15, 0.2) is 52.2 Å². The van der Waals surface area contributed by atoms with E-state index in [0.29, 0.717) is 11.4 Å². The van der Waals surface area contributed by atoms with Crippen LogP contribution >= 0.6 is 0 Å². The molecule has 0 unspecified atom stereocenters. The smallest absolute Gasteiger partial charge is 0.330 e. The lowest BCUT2D eigenvalue weighted by Crippen LogP contribution is -2.38. The van der Waals surface area contributed by atoms with Crippen LogP contribution in [0, 0.1) is 0 Å². The molecule has 3 rings (SSSR count). The van der Waals surface area contributed by atoms with Gasteiger partial charge < -0.3 is 4.74 Å². The van der Waals surface area contributed by atoms with Gasteiger partial charge in [-0.2, -0.15) is 0 Å². The second kappa shape index (κ2) is 5.48. The van der Waals surface area contributed by atoms with Crippen molar-refractivity contribution in [3.63, 3.8) is 0 Å². The minimum Gasteiger partial charge on any atom is -0.485 e. The normalized spacial score (nSPS) is 10.8. The molecule has 112 valence electrons. The van der Waals surface area contributed by atoms with Crippen molar-refractivity contribution in [1.29, 1.82) is 0 Å². The zero-order chi connectivity index (χ0) is 15.7. The molecular formula is C16H15N3O3. The number of ether oxygens (including phenoxy) is 1. The summed E-state index contributed by atoms with van der Waals surface area (Å²) in [5.41, 5.74) is 0.541. The molecule has 0 saturated heterocycles. The number of pyridine rings is 1. The molecule has 0 amide bonds. The molecule has 6 heteroatoms. The van der Waals surface area contributed by atoms with Crippen molar-refractivity contribution in [3.05, 3.63) is 69.1 Å². The highest BCUT2D eigenvalue weighted by Crippen LogP contribution is 2.23. The van der Waals surface area contributed by atoms with Crippen LogP contribution in [-0.2, 0) is 20.7 Å². The molecule has 2 heterocycles. The number of hydrogen-bond donors (Lipinski definition) is 0. The van der Waals surface area contributed by atoms with Gasteiger partial charge >= 0.3 is 5.69 Å². The predicted octanol–water partition coefficient (Wildman–Crippen LogP) is 1.21. The summed E-state index contributed by atoms with van der Waals surface area (Å²) in [4.78, 5) is 27.9. The van der Waals surface area contributed by atoms with Gasteiger partial charge in [-0.05, 0) is 12.1 Å². The van der Waals surface area contributed by atoms with Crippen molar-refractivity contribution < 1.29 is 4.74 Å². The van der Waals surface area contributed by atoms with Crippen LogP contribution in [0.4, 0.5) is 0 Å². The summed E-state index contributed by atoms with van der Waals surface area (Å²) in [5, 5.41) is 0.970. The fourth-order valence-corrected chi connectivity index (χ4v) is 2.26.